The number of carbonyl (C=O) groups excluding carboxylic acids is 1. The van der Waals surface area contributed by atoms with Crippen molar-refractivity contribution in [3.63, 3.8) is 0 Å². The average Bonchev–Trinajstić information content (AvgIpc) is 2.64. The lowest BCUT2D eigenvalue weighted by molar-refractivity contribution is -0.133. The lowest BCUT2D eigenvalue weighted by Crippen LogP contribution is -2.52. The molecule has 3 rings (SSSR count). The summed E-state index contributed by atoms with van der Waals surface area (Å²) in [6.07, 6.45) is 0.273. The Kier molecular flexibility index (Phi) is 5.76. The van der Waals surface area contributed by atoms with E-state index >= 15 is 0 Å². The van der Waals surface area contributed by atoms with Crippen molar-refractivity contribution in [1.82, 2.24) is 10.2 Å². The Bertz CT molecular complexity index is 899. The summed E-state index contributed by atoms with van der Waals surface area (Å²) >= 11 is 0. The fourth-order valence-electron chi connectivity index (χ4n) is 3.01. The molecule has 1 atom stereocenters. The highest BCUT2D eigenvalue weighted by molar-refractivity contribution is 7.92. The van der Waals surface area contributed by atoms with Crippen LogP contribution in [0.3, 0.4) is 0 Å². The molecule has 0 spiro atoms. The highest BCUT2D eigenvalue weighted by Gasteiger charge is 2.22. The van der Waals surface area contributed by atoms with E-state index in [4.69, 9.17) is 0 Å². The monoisotopic (exact) mass is 391 g/mol. The number of hydrogen-bond acceptors (Lipinski definition) is 4. The van der Waals surface area contributed by atoms with Gasteiger partial charge in [-0.15, -0.1) is 0 Å². The average molecular weight is 391 g/mol. The first kappa shape index (κ1) is 19.3. The summed E-state index contributed by atoms with van der Waals surface area (Å²) in [7, 11) is -3.79. The first-order valence-corrected chi connectivity index (χ1v) is 10.2. The van der Waals surface area contributed by atoms with Crippen LogP contribution in [0.2, 0.25) is 0 Å². The zero-order valence-corrected chi connectivity index (χ0v) is 15.8. The van der Waals surface area contributed by atoms with Crippen molar-refractivity contribution in [2.75, 3.05) is 24.4 Å². The zero-order valence-electron chi connectivity index (χ0n) is 15.0. The summed E-state index contributed by atoms with van der Waals surface area (Å²) in [5.74, 6) is -0.439. The second-order valence-electron chi connectivity index (χ2n) is 6.57. The Morgan fingerprint density at radius 1 is 1.19 bits per heavy atom. The van der Waals surface area contributed by atoms with E-state index in [-0.39, 0.29) is 23.3 Å². The van der Waals surface area contributed by atoms with Gasteiger partial charge in [-0.05, 0) is 48.9 Å². The maximum atomic E-state index is 13.0. The van der Waals surface area contributed by atoms with Gasteiger partial charge in [0, 0.05) is 31.4 Å². The largest absolute Gasteiger partial charge is 0.337 e. The van der Waals surface area contributed by atoms with Gasteiger partial charge in [-0.2, -0.15) is 0 Å². The highest BCUT2D eigenvalue weighted by atomic mass is 32.2. The van der Waals surface area contributed by atoms with Crippen molar-refractivity contribution < 1.29 is 17.6 Å². The normalized spacial score (nSPS) is 17.6. The summed E-state index contributed by atoms with van der Waals surface area (Å²) in [6, 6.07) is 11.5. The third kappa shape index (κ3) is 4.84. The van der Waals surface area contributed by atoms with E-state index in [0.29, 0.717) is 12.2 Å². The van der Waals surface area contributed by atoms with Gasteiger partial charge in [-0.25, -0.2) is 12.8 Å². The van der Waals surface area contributed by atoms with Crippen LogP contribution in [0.4, 0.5) is 10.1 Å². The molecule has 0 bridgehead atoms. The van der Waals surface area contributed by atoms with Gasteiger partial charge in [-0.3, -0.25) is 9.52 Å². The fourth-order valence-corrected chi connectivity index (χ4v) is 4.06. The number of halogens is 1. The molecule has 0 radical (unpaired) electrons. The van der Waals surface area contributed by atoms with Gasteiger partial charge in [0.2, 0.25) is 5.91 Å². The van der Waals surface area contributed by atoms with Gasteiger partial charge >= 0.3 is 0 Å². The van der Waals surface area contributed by atoms with Crippen LogP contribution in [-0.2, 0) is 21.2 Å². The number of piperazine rings is 1. The number of hydrogen-bond donors (Lipinski definition) is 2. The van der Waals surface area contributed by atoms with Crippen molar-refractivity contribution in [3.05, 3.63) is 59.9 Å². The number of sulfonamides is 1. The lowest BCUT2D eigenvalue weighted by atomic mass is 10.1. The SMILES string of the molecule is C[C@H]1CNCCN1C(=O)Cc1ccc(NS(=O)(=O)c2ccc(F)cc2)cc1. The quantitative estimate of drug-likeness (QED) is 0.817. The standard InChI is InChI=1S/C19H22FN3O3S/c1-14-13-21-10-11-23(14)19(24)12-15-2-6-17(7-3-15)22-27(25,26)18-8-4-16(20)5-9-18/h2-9,14,21-22H,10-13H2,1H3/t14-/m0/s1. The van der Waals surface area contributed by atoms with E-state index in [1.165, 1.54) is 12.1 Å². The Balaban J connectivity index is 1.64. The molecule has 2 N–H and O–H groups in total. The summed E-state index contributed by atoms with van der Waals surface area (Å²) in [5.41, 5.74) is 1.20. The van der Waals surface area contributed by atoms with Crippen molar-refractivity contribution in [2.45, 2.75) is 24.3 Å². The molecule has 2 aromatic rings. The van der Waals surface area contributed by atoms with E-state index in [0.717, 1.165) is 30.8 Å². The lowest BCUT2D eigenvalue weighted by Gasteiger charge is -2.34. The van der Waals surface area contributed by atoms with Crippen LogP contribution in [0.1, 0.15) is 12.5 Å². The second-order valence-corrected chi connectivity index (χ2v) is 8.26. The van der Waals surface area contributed by atoms with Gasteiger partial charge in [-0.1, -0.05) is 12.1 Å². The molecular formula is C19H22FN3O3S. The number of benzene rings is 2. The number of nitrogens with zero attached hydrogens (tertiary/aromatic N) is 1. The molecule has 0 saturated carbocycles. The molecule has 1 saturated heterocycles. The van der Waals surface area contributed by atoms with Gasteiger partial charge in [0.25, 0.3) is 10.0 Å². The molecule has 1 fully saturated rings. The summed E-state index contributed by atoms with van der Waals surface area (Å²) in [4.78, 5) is 14.3. The number of nitrogens with one attached hydrogen (secondary N) is 2. The van der Waals surface area contributed by atoms with Crippen LogP contribution in [0, 0.1) is 5.82 Å². The maximum Gasteiger partial charge on any atom is 0.261 e. The van der Waals surface area contributed by atoms with Crippen molar-refractivity contribution in [1.29, 1.82) is 0 Å². The first-order valence-electron chi connectivity index (χ1n) is 8.73. The van der Waals surface area contributed by atoms with Crippen molar-refractivity contribution in [3.8, 4) is 0 Å². The molecule has 1 aliphatic rings. The van der Waals surface area contributed by atoms with Crippen molar-refractivity contribution in [2.24, 2.45) is 0 Å². The molecule has 2 aromatic carbocycles. The minimum absolute atomic E-state index is 0.0177. The van der Waals surface area contributed by atoms with Gasteiger partial charge < -0.3 is 10.2 Å². The minimum Gasteiger partial charge on any atom is -0.337 e. The topological polar surface area (TPSA) is 78.5 Å². The molecule has 8 heteroatoms. The number of carbonyl (C=O) groups is 1. The first-order chi connectivity index (χ1) is 12.8. The molecule has 27 heavy (non-hydrogen) atoms. The highest BCUT2D eigenvalue weighted by Crippen LogP contribution is 2.18. The van der Waals surface area contributed by atoms with Crippen LogP contribution in [0.25, 0.3) is 0 Å². The van der Waals surface area contributed by atoms with E-state index in [1.807, 2.05) is 11.8 Å². The van der Waals surface area contributed by atoms with E-state index in [1.54, 1.807) is 24.3 Å². The van der Waals surface area contributed by atoms with Crippen LogP contribution < -0.4 is 10.0 Å². The smallest absolute Gasteiger partial charge is 0.261 e. The number of amides is 1. The fraction of sp³-hybridized carbons (Fsp3) is 0.316. The van der Waals surface area contributed by atoms with Gasteiger partial charge in [0.05, 0.1) is 11.3 Å². The molecular weight excluding hydrogens is 369 g/mol. The molecule has 0 aliphatic carbocycles. The van der Waals surface area contributed by atoms with Crippen LogP contribution >= 0.6 is 0 Å². The van der Waals surface area contributed by atoms with Crippen LogP contribution in [0.15, 0.2) is 53.4 Å². The van der Waals surface area contributed by atoms with E-state index in [2.05, 4.69) is 10.0 Å². The van der Waals surface area contributed by atoms with E-state index in [9.17, 15) is 17.6 Å². The molecule has 0 unspecified atom stereocenters. The number of anilines is 1. The molecule has 1 heterocycles. The predicted octanol–water partition coefficient (Wildman–Crippen LogP) is 1.99. The Labute approximate surface area is 158 Å². The van der Waals surface area contributed by atoms with Crippen LogP contribution in [-0.4, -0.2) is 44.9 Å². The molecule has 0 aromatic heterocycles. The third-order valence-corrected chi connectivity index (χ3v) is 5.90. The van der Waals surface area contributed by atoms with Gasteiger partial charge in [0.15, 0.2) is 0 Å². The Morgan fingerprint density at radius 3 is 2.48 bits per heavy atom. The van der Waals surface area contributed by atoms with Crippen molar-refractivity contribution >= 4 is 21.6 Å². The summed E-state index contributed by atoms with van der Waals surface area (Å²) in [5, 5.41) is 3.25. The Hall–Kier alpha value is -2.45. The minimum atomic E-state index is -3.79. The predicted molar refractivity (Wildman–Crippen MR) is 101 cm³/mol. The van der Waals surface area contributed by atoms with E-state index < -0.39 is 15.8 Å². The molecule has 144 valence electrons. The summed E-state index contributed by atoms with van der Waals surface area (Å²) in [6.45, 7) is 4.28. The summed E-state index contributed by atoms with van der Waals surface area (Å²) < 4.78 is 40.0. The van der Waals surface area contributed by atoms with Gasteiger partial charge in [0.1, 0.15) is 5.82 Å². The maximum absolute atomic E-state index is 13.0. The molecule has 1 aliphatic heterocycles. The second kappa shape index (κ2) is 8.06. The molecule has 6 nitrogen and oxygen atoms in total. The van der Waals surface area contributed by atoms with Crippen LogP contribution in [0.5, 0.6) is 0 Å². The Morgan fingerprint density at radius 2 is 1.85 bits per heavy atom. The number of rotatable bonds is 5. The zero-order chi connectivity index (χ0) is 19.4. The molecule has 1 amide bonds. The third-order valence-electron chi connectivity index (χ3n) is 4.51.